The highest BCUT2D eigenvalue weighted by atomic mass is 28.4. The Morgan fingerprint density at radius 3 is 2.58 bits per heavy atom. The zero-order chi connectivity index (χ0) is 9.45. The first-order valence-electron chi connectivity index (χ1n) is 4.39. The summed E-state index contributed by atoms with van der Waals surface area (Å²) in [6.45, 7) is 6.35. The summed E-state index contributed by atoms with van der Waals surface area (Å²) in [7, 11) is -1.55. The van der Waals surface area contributed by atoms with Crippen molar-refractivity contribution in [2.75, 3.05) is 6.61 Å². The maximum atomic E-state index is 8.40. The summed E-state index contributed by atoms with van der Waals surface area (Å²) in [5.41, 5.74) is 0. The molecule has 0 saturated carbocycles. The fraction of sp³-hybridized carbons (Fsp3) is 0.778. The number of aliphatic hydroxyl groups excluding tert-OH is 1. The van der Waals surface area contributed by atoms with E-state index in [1.165, 1.54) is 12.8 Å². The minimum Gasteiger partial charge on any atom is -0.501 e. The maximum absolute atomic E-state index is 8.40. The van der Waals surface area contributed by atoms with Crippen LogP contribution >= 0.6 is 0 Å². The molecule has 0 spiro atoms. The third-order valence-corrected chi connectivity index (χ3v) is 3.82. The van der Waals surface area contributed by atoms with Gasteiger partial charge in [-0.3, -0.25) is 0 Å². The first kappa shape index (κ1) is 11.5. The minimum absolute atomic E-state index is 0.113. The van der Waals surface area contributed by atoms with Crippen molar-refractivity contribution in [3.8, 4) is 12.0 Å². The lowest BCUT2D eigenvalue weighted by molar-refractivity contribution is 0.349. The Hall–Kier alpha value is -0.463. The molecule has 0 aliphatic heterocycles. The van der Waals surface area contributed by atoms with E-state index in [4.69, 9.17) is 9.53 Å². The zero-order valence-electron chi connectivity index (χ0n) is 8.18. The predicted octanol–water partition coefficient (Wildman–Crippen LogP) is 1.96. The summed E-state index contributed by atoms with van der Waals surface area (Å²) < 4.78 is 5.39. The van der Waals surface area contributed by atoms with E-state index in [0.29, 0.717) is 0 Å². The van der Waals surface area contributed by atoms with Crippen molar-refractivity contribution < 1.29 is 9.53 Å². The minimum atomic E-state index is -1.55. The molecule has 0 aromatic heterocycles. The molecule has 0 rings (SSSR count). The van der Waals surface area contributed by atoms with Crippen LogP contribution in [0.5, 0.6) is 0 Å². The van der Waals surface area contributed by atoms with Crippen LogP contribution in [0.3, 0.4) is 0 Å². The lowest BCUT2D eigenvalue weighted by atomic mass is 10.4. The first-order valence-corrected chi connectivity index (χ1v) is 7.50. The molecule has 0 aromatic carbocycles. The monoisotopic (exact) mass is 186 g/mol. The smallest absolute Gasteiger partial charge is 0.258 e. The fourth-order valence-corrected chi connectivity index (χ4v) is 2.52. The highest BCUT2D eigenvalue weighted by Gasteiger charge is 2.22. The number of aliphatic hydroxyl groups is 1. The molecule has 0 fully saturated rings. The molecule has 3 heteroatoms. The number of hydrogen-bond donors (Lipinski definition) is 1. The Bertz CT molecular complexity index is 167. The van der Waals surface area contributed by atoms with E-state index in [1.807, 2.05) is 0 Å². The van der Waals surface area contributed by atoms with Crippen molar-refractivity contribution in [3.63, 3.8) is 0 Å². The Kier molecular flexibility index (Phi) is 5.86. The molecule has 1 N–H and O–H groups in total. The lowest BCUT2D eigenvalue weighted by Gasteiger charge is -2.18. The van der Waals surface area contributed by atoms with Crippen LogP contribution in [0.1, 0.15) is 19.8 Å². The summed E-state index contributed by atoms with van der Waals surface area (Å²) >= 11 is 0. The largest absolute Gasteiger partial charge is 0.501 e. The summed E-state index contributed by atoms with van der Waals surface area (Å²) in [4.78, 5) is 0. The Morgan fingerprint density at radius 1 is 1.42 bits per heavy atom. The normalized spacial score (nSPS) is 10.3. The number of rotatable bonds is 4. The molecule has 0 bridgehead atoms. The second-order valence-corrected chi connectivity index (χ2v) is 7.63. The van der Waals surface area contributed by atoms with Gasteiger partial charge in [-0.25, -0.2) is 0 Å². The van der Waals surface area contributed by atoms with Crippen molar-refractivity contribution in [1.29, 1.82) is 0 Å². The van der Waals surface area contributed by atoms with Gasteiger partial charge >= 0.3 is 0 Å². The van der Waals surface area contributed by atoms with Gasteiger partial charge in [0.2, 0.25) is 0 Å². The van der Waals surface area contributed by atoms with E-state index in [-0.39, 0.29) is 6.61 Å². The van der Waals surface area contributed by atoms with Crippen molar-refractivity contribution >= 4 is 8.32 Å². The molecule has 12 heavy (non-hydrogen) atoms. The van der Waals surface area contributed by atoms with Crippen molar-refractivity contribution in [3.05, 3.63) is 0 Å². The summed E-state index contributed by atoms with van der Waals surface area (Å²) in [6, 6.07) is 1.14. The van der Waals surface area contributed by atoms with Gasteiger partial charge in [0.05, 0.1) is 6.11 Å². The van der Waals surface area contributed by atoms with Crippen LogP contribution in [-0.2, 0) is 4.43 Å². The predicted molar refractivity (Wildman–Crippen MR) is 53.1 cm³/mol. The third-order valence-electron chi connectivity index (χ3n) is 1.61. The van der Waals surface area contributed by atoms with Crippen LogP contribution in [0.15, 0.2) is 0 Å². The van der Waals surface area contributed by atoms with Gasteiger partial charge in [-0.2, -0.15) is 0 Å². The molecule has 2 nitrogen and oxygen atoms in total. The van der Waals surface area contributed by atoms with Crippen LogP contribution in [0.25, 0.3) is 0 Å². The van der Waals surface area contributed by atoms with E-state index >= 15 is 0 Å². The maximum Gasteiger partial charge on any atom is 0.258 e. The van der Waals surface area contributed by atoms with E-state index in [1.54, 1.807) is 0 Å². The molecule has 0 unspecified atom stereocenters. The quantitative estimate of drug-likeness (QED) is 0.537. The summed E-state index contributed by atoms with van der Waals surface area (Å²) in [6.07, 6.45) is 4.96. The van der Waals surface area contributed by atoms with Crippen LogP contribution in [0, 0.1) is 12.0 Å². The van der Waals surface area contributed by atoms with E-state index in [9.17, 15) is 0 Å². The van der Waals surface area contributed by atoms with Gasteiger partial charge in [0.15, 0.2) is 0 Å². The van der Waals surface area contributed by atoms with Gasteiger partial charge in [0.1, 0.15) is 6.61 Å². The Labute approximate surface area is 76.1 Å². The fourth-order valence-electron chi connectivity index (χ4n) is 0.860. The van der Waals surface area contributed by atoms with E-state index < -0.39 is 8.32 Å². The van der Waals surface area contributed by atoms with Gasteiger partial charge < -0.3 is 9.53 Å². The molecule has 0 radical (unpaired) electrons. The van der Waals surface area contributed by atoms with Gasteiger partial charge in [-0.1, -0.05) is 19.8 Å². The van der Waals surface area contributed by atoms with Gasteiger partial charge in [0.25, 0.3) is 8.32 Å². The SMILES string of the molecule is CCCC[Si](C)(C)OC#CCO. The van der Waals surface area contributed by atoms with E-state index in [0.717, 1.165) is 6.04 Å². The molecule has 0 aromatic rings. The zero-order valence-corrected chi connectivity index (χ0v) is 9.18. The highest BCUT2D eigenvalue weighted by Crippen LogP contribution is 2.13. The summed E-state index contributed by atoms with van der Waals surface area (Å²) in [5, 5.41) is 8.40. The molecular formula is C9H18O2Si. The third kappa shape index (κ3) is 6.26. The molecule has 70 valence electrons. The molecular weight excluding hydrogens is 168 g/mol. The standard InChI is InChI=1S/C9H18O2Si/c1-4-5-9-12(2,3)11-8-6-7-10/h10H,4-5,7,9H2,1-3H3. The molecule has 0 aliphatic carbocycles. The second kappa shape index (κ2) is 6.10. The van der Waals surface area contributed by atoms with E-state index in [2.05, 4.69) is 32.0 Å². The molecule has 0 aliphatic rings. The molecule has 0 amide bonds. The Morgan fingerprint density at radius 2 is 2.08 bits per heavy atom. The molecule has 0 atom stereocenters. The Balaban J connectivity index is 3.70. The summed E-state index contributed by atoms with van der Waals surface area (Å²) in [5.74, 6) is 2.50. The van der Waals surface area contributed by atoms with Crippen molar-refractivity contribution in [1.82, 2.24) is 0 Å². The van der Waals surface area contributed by atoms with Crippen LogP contribution < -0.4 is 0 Å². The van der Waals surface area contributed by atoms with Gasteiger partial charge in [-0.15, -0.1) is 0 Å². The van der Waals surface area contributed by atoms with Gasteiger partial charge in [0, 0.05) is 0 Å². The van der Waals surface area contributed by atoms with Crippen LogP contribution in [-0.4, -0.2) is 20.0 Å². The number of unbranched alkanes of at least 4 members (excludes halogenated alkanes) is 1. The van der Waals surface area contributed by atoms with Crippen molar-refractivity contribution in [2.24, 2.45) is 0 Å². The average molecular weight is 186 g/mol. The second-order valence-electron chi connectivity index (χ2n) is 3.40. The lowest BCUT2D eigenvalue weighted by Crippen LogP contribution is -2.27. The average Bonchev–Trinajstić information content (AvgIpc) is 2.01. The van der Waals surface area contributed by atoms with Gasteiger partial charge in [-0.05, 0) is 25.1 Å². The topological polar surface area (TPSA) is 29.5 Å². The molecule has 0 heterocycles. The molecule has 0 saturated heterocycles. The number of hydrogen-bond acceptors (Lipinski definition) is 2. The van der Waals surface area contributed by atoms with Crippen LogP contribution in [0.4, 0.5) is 0 Å². The van der Waals surface area contributed by atoms with Crippen molar-refractivity contribution in [2.45, 2.75) is 38.9 Å². The first-order chi connectivity index (χ1) is 5.62. The highest BCUT2D eigenvalue weighted by molar-refractivity contribution is 6.71. The van der Waals surface area contributed by atoms with Crippen LogP contribution in [0.2, 0.25) is 19.1 Å².